The molecule has 0 bridgehead atoms. The first kappa shape index (κ1) is 16.2. The van der Waals surface area contributed by atoms with Crippen molar-refractivity contribution >= 4 is 0 Å². The van der Waals surface area contributed by atoms with Crippen LogP contribution in [-0.2, 0) is 10.2 Å². The average molecular weight is 263 g/mol. The quantitative estimate of drug-likeness (QED) is 0.749. The Kier molecular flexibility index (Phi) is 6.53. The van der Waals surface area contributed by atoms with Crippen LogP contribution in [0.3, 0.4) is 0 Å². The van der Waals surface area contributed by atoms with Gasteiger partial charge < -0.3 is 10.1 Å². The van der Waals surface area contributed by atoms with Crippen LogP contribution in [0.25, 0.3) is 0 Å². The van der Waals surface area contributed by atoms with Crippen LogP contribution >= 0.6 is 0 Å². The standard InChI is InChI=1S/C17H29NO/c1-6-12-19-13-11-16(18-5)14-7-9-15(10-8-14)17(2,3)4/h7-10,16,18H,6,11-13H2,1-5H3. The Morgan fingerprint density at radius 3 is 2.21 bits per heavy atom. The number of hydrogen-bond acceptors (Lipinski definition) is 2. The number of benzene rings is 1. The summed E-state index contributed by atoms with van der Waals surface area (Å²) in [4.78, 5) is 0. The Labute approximate surface area is 118 Å². The van der Waals surface area contributed by atoms with Gasteiger partial charge in [-0.15, -0.1) is 0 Å². The lowest BCUT2D eigenvalue weighted by Crippen LogP contribution is -2.19. The van der Waals surface area contributed by atoms with E-state index >= 15 is 0 Å². The highest BCUT2D eigenvalue weighted by molar-refractivity contribution is 5.29. The molecule has 19 heavy (non-hydrogen) atoms. The van der Waals surface area contributed by atoms with Gasteiger partial charge in [-0.25, -0.2) is 0 Å². The summed E-state index contributed by atoms with van der Waals surface area (Å²) in [6, 6.07) is 9.34. The number of ether oxygens (including phenoxy) is 1. The zero-order valence-electron chi connectivity index (χ0n) is 13.1. The summed E-state index contributed by atoms with van der Waals surface area (Å²) in [5.74, 6) is 0. The van der Waals surface area contributed by atoms with Crippen molar-refractivity contribution in [3.63, 3.8) is 0 Å². The van der Waals surface area contributed by atoms with Gasteiger partial charge in [-0.05, 0) is 36.4 Å². The summed E-state index contributed by atoms with van der Waals surface area (Å²) in [5, 5.41) is 3.37. The van der Waals surface area contributed by atoms with Crippen molar-refractivity contribution < 1.29 is 4.74 Å². The lowest BCUT2D eigenvalue weighted by atomic mass is 9.86. The second kappa shape index (κ2) is 7.66. The maximum Gasteiger partial charge on any atom is 0.0484 e. The molecule has 1 aromatic carbocycles. The molecule has 108 valence electrons. The molecule has 0 amide bonds. The fourth-order valence-corrected chi connectivity index (χ4v) is 2.14. The van der Waals surface area contributed by atoms with Gasteiger partial charge in [0, 0.05) is 19.3 Å². The van der Waals surface area contributed by atoms with E-state index in [1.165, 1.54) is 11.1 Å². The third kappa shape index (κ3) is 5.33. The summed E-state index contributed by atoms with van der Waals surface area (Å²) < 4.78 is 5.57. The first-order valence-electron chi connectivity index (χ1n) is 7.34. The van der Waals surface area contributed by atoms with Crippen LogP contribution in [0.1, 0.15) is 57.7 Å². The van der Waals surface area contributed by atoms with Crippen molar-refractivity contribution in [1.29, 1.82) is 0 Å². The van der Waals surface area contributed by atoms with E-state index in [1.54, 1.807) is 0 Å². The molecule has 0 aliphatic heterocycles. The van der Waals surface area contributed by atoms with E-state index in [0.717, 1.165) is 26.1 Å². The molecule has 0 saturated heterocycles. The van der Waals surface area contributed by atoms with E-state index in [9.17, 15) is 0 Å². The molecular formula is C17H29NO. The van der Waals surface area contributed by atoms with Gasteiger partial charge in [-0.1, -0.05) is 52.0 Å². The highest BCUT2D eigenvalue weighted by atomic mass is 16.5. The van der Waals surface area contributed by atoms with Gasteiger partial charge in [-0.2, -0.15) is 0 Å². The summed E-state index contributed by atoms with van der Waals surface area (Å²) in [6.07, 6.45) is 2.11. The van der Waals surface area contributed by atoms with Crippen LogP contribution in [0.5, 0.6) is 0 Å². The van der Waals surface area contributed by atoms with E-state index in [-0.39, 0.29) is 5.41 Å². The Morgan fingerprint density at radius 2 is 1.74 bits per heavy atom. The molecule has 0 aliphatic rings. The molecule has 0 spiro atoms. The molecule has 0 aliphatic carbocycles. The highest BCUT2D eigenvalue weighted by Gasteiger charge is 2.14. The maximum atomic E-state index is 5.57. The normalized spacial score (nSPS) is 13.5. The molecule has 2 heteroatoms. The predicted octanol–water partition coefficient (Wildman–Crippen LogP) is 4.06. The van der Waals surface area contributed by atoms with Gasteiger partial charge >= 0.3 is 0 Å². The molecule has 1 unspecified atom stereocenters. The van der Waals surface area contributed by atoms with Crippen molar-refractivity contribution in [2.24, 2.45) is 0 Å². The van der Waals surface area contributed by atoms with Crippen LogP contribution < -0.4 is 5.32 Å². The summed E-state index contributed by atoms with van der Waals surface area (Å²) in [6.45, 7) is 10.6. The third-order valence-corrected chi connectivity index (χ3v) is 3.43. The fraction of sp³-hybridized carbons (Fsp3) is 0.647. The number of hydrogen-bond donors (Lipinski definition) is 1. The van der Waals surface area contributed by atoms with E-state index in [4.69, 9.17) is 4.74 Å². The van der Waals surface area contributed by atoms with Crippen LogP contribution in [-0.4, -0.2) is 20.3 Å². The monoisotopic (exact) mass is 263 g/mol. The number of rotatable bonds is 7. The lowest BCUT2D eigenvalue weighted by Gasteiger charge is -2.21. The molecule has 1 atom stereocenters. The van der Waals surface area contributed by atoms with Crippen molar-refractivity contribution in [3.05, 3.63) is 35.4 Å². The smallest absolute Gasteiger partial charge is 0.0484 e. The zero-order valence-corrected chi connectivity index (χ0v) is 13.1. The molecule has 1 rings (SSSR count). The van der Waals surface area contributed by atoms with Crippen LogP contribution in [0.2, 0.25) is 0 Å². The van der Waals surface area contributed by atoms with E-state index in [0.29, 0.717) is 6.04 Å². The van der Waals surface area contributed by atoms with Crippen molar-refractivity contribution in [3.8, 4) is 0 Å². The molecule has 2 nitrogen and oxygen atoms in total. The fourth-order valence-electron chi connectivity index (χ4n) is 2.14. The van der Waals surface area contributed by atoms with Gasteiger partial charge in [0.25, 0.3) is 0 Å². The molecule has 1 aromatic rings. The second-order valence-electron chi connectivity index (χ2n) is 6.11. The van der Waals surface area contributed by atoms with Crippen LogP contribution in [0.4, 0.5) is 0 Å². The highest BCUT2D eigenvalue weighted by Crippen LogP contribution is 2.24. The van der Waals surface area contributed by atoms with E-state index < -0.39 is 0 Å². The first-order valence-corrected chi connectivity index (χ1v) is 7.34. The Morgan fingerprint density at radius 1 is 1.11 bits per heavy atom. The largest absolute Gasteiger partial charge is 0.381 e. The Balaban J connectivity index is 2.61. The van der Waals surface area contributed by atoms with Gasteiger partial charge in [0.2, 0.25) is 0 Å². The van der Waals surface area contributed by atoms with Crippen LogP contribution in [0.15, 0.2) is 24.3 Å². The summed E-state index contributed by atoms with van der Waals surface area (Å²) >= 11 is 0. The molecular weight excluding hydrogens is 234 g/mol. The molecule has 0 radical (unpaired) electrons. The Bertz CT molecular complexity index is 351. The first-order chi connectivity index (χ1) is 8.99. The maximum absolute atomic E-state index is 5.57. The topological polar surface area (TPSA) is 21.3 Å². The van der Waals surface area contributed by atoms with Crippen LogP contribution in [0, 0.1) is 0 Å². The van der Waals surface area contributed by atoms with Gasteiger partial charge in [0.1, 0.15) is 0 Å². The molecule has 0 fully saturated rings. The lowest BCUT2D eigenvalue weighted by molar-refractivity contribution is 0.125. The molecule has 1 N–H and O–H groups in total. The summed E-state index contributed by atoms with van der Waals surface area (Å²) in [5.41, 5.74) is 2.95. The van der Waals surface area contributed by atoms with Gasteiger partial charge in [0.15, 0.2) is 0 Å². The minimum Gasteiger partial charge on any atom is -0.381 e. The molecule has 0 saturated carbocycles. The average Bonchev–Trinajstić information content (AvgIpc) is 2.38. The molecule has 0 aromatic heterocycles. The zero-order chi connectivity index (χ0) is 14.3. The van der Waals surface area contributed by atoms with Crippen molar-refractivity contribution in [2.75, 3.05) is 20.3 Å². The van der Waals surface area contributed by atoms with Gasteiger partial charge in [-0.3, -0.25) is 0 Å². The third-order valence-electron chi connectivity index (χ3n) is 3.43. The van der Waals surface area contributed by atoms with Gasteiger partial charge in [0.05, 0.1) is 0 Å². The summed E-state index contributed by atoms with van der Waals surface area (Å²) in [7, 11) is 2.02. The number of nitrogens with one attached hydrogen (secondary N) is 1. The minimum absolute atomic E-state index is 0.220. The SMILES string of the molecule is CCCOCCC(NC)c1ccc(C(C)(C)C)cc1. The predicted molar refractivity (Wildman–Crippen MR) is 82.7 cm³/mol. The minimum atomic E-state index is 0.220. The van der Waals surface area contributed by atoms with E-state index in [1.807, 2.05) is 7.05 Å². The molecule has 0 heterocycles. The van der Waals surface area contributed by atoms with Crippen molar-refractivity contribution in [1.82, 2.24) is 5.32 Å². The van der Waals surface area contributed by atoms with E-state index in [2.05, 4.69) is 57.3 Å². The van der Waals surface area contributed by atoms with Crippen molar-refractivity contribution in [2.45, 2.75) is 52.0 Å². The second-order valence-corrected chi connectivity index (χ2v) is 6.11. The Hall–Kier alpha value is -0.860.